The van der Waals surface area contributed by atoms with E-state index in [1.807, 2.05) is 11.8 Å². The molecular formula is C22H29N3O2. The van der Waals surface area contributed by atoms with Crippen LogP contribution in [0, 0.1) is 6.92 Å². The van der Waals surface area contributed by atoms with Gasteiger partial charge >= 0.3 is 0 Å². The maximum absolute atomic E-state index is 13.1. The fraction of sp³-hybridized carbons (Fsp3) is 0.545. The van der Waals surface area contributed by atoms with Crippen molar-refractivity contribution in [1.82, 2.24) is 14.7 Å². The third-order valence-electron chi connectivity index (χ3n) is 6.06. The predicted molar refractivity (Wildman–Crippen MR) is 105 cm³/mol. The second kappa shape index (κ2) is 7.85. The van der Waals surface area contributed by atoms with Gasteiger partial charge in [-0.15, -0.1) is 0 Å². The SMILES string of the molecule is CCc1ccc(C2CN(C(=O)c3cnn(C4CCCC4)c3C)CCO2)cc1. The predicted octanol–water partition coefficient (Wildman–Crippen LogP) is 4.08. The number of rotatable bonds is 4. The standard InChI is InChI=1S/C22H29N3O2/c1-3-17-8-10-18(11-9-17)21-15-24(12-13-27-21)22(26)20-14-23-25(16(20)2)19-6-4-5-7-19/h8-11,14,19,21H,3-7,12-13,15H2,1-2H3. The maximum atomic E-state index is 13.1. The zero-order chi connectivity index (χ0) is 18.8. The van der Waals surface area contributed by atoms with Gasteiger partial charge in [-0.3, -0.25) is 9.48 Å². The van der Waals surface area contributed by atoms with Crippen molar-refractivity contribution < 1.29 is 9.53 Å². The highest BCUT2D eigenvalue weighted by atomic mass is 16.5. The number of aryl methyl sites for hydroxylation is 1. The fourth-order valence-electron chi connectivity index (χ4n) is 4.32. The summed E-state index contributed by atoms with van der Waals surface area (Å²) in [4.78, 5) is 15.1. The van der Waals surface area contributed by atoms with E-state index < -0.39 is 0 Å². The molecule has 0 spiro atoms. The Balaban J connectivity index is 1.48. The molecule has 1 unspecified atom stereocenters. The van der Waals surface area contributed by atoms with Crippen LogP contribution in [0.2, 0.25) is 0 Å². The van der Waals surface area contributed by atoms with Crippen LogP contribution in [0.5, 0.6) is 0 Å². The largest absolute Gasteiger partial charge is 0.370 e. The number of carbonyl (C=O) groups is 1. The summed E-state index contributed by atoms with van der Waals surface area (Å²) in [6.07, 6.45) is 7.59. The van der Waals surface area contributed by atoms with Gasteiger partial charge in [-0.25, -0.2) is 0 Å². The normalized spacial score (nSPS) is 21.0. The highest BCUT2D eigenvalue weighted by Crippen LogP contribution is 2.31. The summed E-state index contributed by atoms with van der Waals surface area (Å²) in [6.45, 7) is 5.98. The third-order valence-corrected chi connectivity index (χ3v) is 6.06. The van der Waals surface area contributed by atoms with E-state index in [1.165, 1.54) is 31.2 Å². The molecule has 0 radical (unpaired) electrons. The Kier molecular flexibility index (Phi) is 5.30. The molecule has 5 nitrogen and oxygen atoms in total. The summed E-state index contributed by atoms with van der Waals surface area (Å²) in [6, 6.07) is 9.01. The van der Waals surface area contributed by atoms with Crippen molar-refractivity contribution >= 4 is 5.91 Å². The number of hydrogen-bond donors (Lipinski definition) is 0. The van der Waals surface area contributed by atoms with E-state index in [4.69, 9.17) is 4.74 Å². The Morgan fingerprint density at radius 2 is 1.96 bits per heavy atom. The van der Waals surface area contributed by atoms with Crippen LogP contribution in [0.4, 0.5) is 0 Å². The molecule has 1 aromatic heterocycles. The van der Waals surface area contributed by atoms with Crippen molar-refractivity contribution in [3.8, 4) is 0 Å². The van der Waals surface area contributed by atoms with E-state index in [9.17, 15) is 4.79 Å². The van der Waals surface area contributed by atoms with Crippen LogP contribution in [0.3, 0.4) is 0 Å². The Labute approximate surface area is 161 Å². The first kappa shape index (κ1) is 18.2. The molecule has 1 atom stereocenters. The average molecular weight is 367 g/mol. The van der Waals surface area contributed by atoms with Crippen LogP contribution in [-0.2, 0) is 11.2 Å². The molecule has 1 amide bonds. The van der Waals surface area contributed by atoms with Gasteiger partial charge in [-0.1, -0.05) is 44.0 Å². The zero-order valence-corrected chi connectivity index (χ0v) is 16.4. The van der Waals surface area contributed by atoms with Gasteiger partial charge in [0.2, 0.25) is 0 Å². The van der Waals surface area contributed by atoms with Gasteiger partial charge in [0, 0.05) is 12.2 Å². The maximum Gasteiger partial charge on any atom is 0.257 e. The number of hydrogen-bond acceptors (Lipinski definition) is 3. The average Bonchev–Trinajstić information content (AvgIpc) is 3.37. The molecule has 5 heteroatoms. The molecule has 27 heavy (non-hydrogen) atoms. The molecule has 1 aromatic carbocycles. The molecule has 2 heterocycles. The summed E-state index contributed by atoms with van der Waals surface area (Å²) in [5.74, 6) is 0.0789. The van der Waals surface area contributed by atoms with Crippen molar-refractivity contribution in [1.29, 1.82) is 0 Å². The van der Waals surface area contributed by atoms with Crippen molar-refractivity contribution in [2.45, 2.75) is 58.1 Å². The summed E-state index contributed by atoms with van der Waals surface area (Å²) in [7, 11) is 0. The topological polar surface area (TPSA) is 47.4 Å². The number of aromatic nitrogens is 2. The van der Waals surface area contributed by atoms with Crippen molar-refractivity contribution in [2.75, 3.05) is 19.7 Å². The second-order valence-corrected chi connectivity index (χ2v) is 7.73. The number of amides is 1. The first-order valence-corrected chi connectivity index (χ1v) is 10.2. The van der Waals surface area contributed by atoms with E-state index in [-0.39, 0.29) is 12.0 Å². The number of morpholine rings is 1. The van der Waals surface area contributed by atoms with Gasteiger partial charge < -0.3 is 9.64 Å². The van der Waals surface area contributed by atoms with Gasteiger partial charge in [-0.05, 0) is 37.3 Å². The minimum atomic E-state index is -0.0567. The van der Waals surface area contributed by atoms with Crippen molar-refractivity contribution in [3.63, 3.8) is 0 Å². The van der Waals surface area contributed by atoms with E-state index in [1.54, 1.807) is 6.20 Å². The molecular weight excluding hydrogens is 338 g/mol. The summed E-state index contributed by atoms with van der Waals surface area (Å²) >= 11 is 0. The minimum Gasteiger partial charge on any atom is -0.370 e. The lowest BCUT2D eigenvalue weighted by atomic mass is 10.0. The molecule has 1 aliphatic heterocycles. The van der Waals surface area contributed by atoms with Crippen LogP contribution < -0.4 is 0 Å². The molecule has 1 saturated carbocycles. The Hall–Kier alpha value is -2.14. The fourth-order valence-corrected chi connectivity index (χ4v) is 4.32. The minimum absolute atomic E-state index is 0.0567. The summed E-state index contributed by atoms with van der Waals surface area (Å²) in [5, 5.41) is 4.55. The molecule has 4 rings (SSSR count). The van der Waals surface area contributed by atoms with E-state index in [2.05, 4.69) is 41.0 Å². The first-order valence-electron chi connectivity index (χ1n) is 10.2. The van der Waals surface area contributed by atoms with Gasteiger partial charge in [0.1, 0.15) is 6.10 Å². The molecule has 1 saturated heterocycles. The number of ether oxygens (including phenoxy) is 1. The van der Waals surface area contributed by atoms with E-state index >= 15 is 0 Å². The lowest BCUT2D eigenvalue weighted by Gasteiger charge is -2.33. The monoisotopic (exact) mass is 367 g/mol. The molecule has 2 aromatic rings. The summed E-state index contributed by atoms with van der Waals surface area (Å²) in [5.41, 5.74) is 4.20. The van der Waals surface area contributed by atoms with Gasteiger partial charge in [-0.2, -0.15) is 5.10 Å². The Bertz CT molecular complexity index is 790. The Morgan fingerprint density at radius 1 is 1.22 bits per heavy atom. The molecule has 0 bridgehead atoms. The van der Waals surface area contributed by atoms with Crippen molar-refractivity contribution in [2.24, 2.45) is 0 Å². The molecule has 0 N–H and O–H groups in total. The highest BCUT2D eigenvalue weighted by Gasteiger charge is 2.29. The summed E-state index contributed by atoms with van der Waals surface area (Å²) < 4.78 is 8.03. The van der Waals surface area contributed by atoms with Crippen LogP contribution in [0.1, 0.15) is 71.9 Å². The molecule has 2 aliphatic rings. The number of nitrogens with zero attached hydrogens (tertiary/aromatic N) is 3. The van der Waals surface area contributed by atoms with Gasteiger partial charge in [0.25, 0.3) is 5.91 Å². The lowest BCUT2D eigenvalue weighted by Crippen LogP contribution is -2.42. The van der Waals surface area contributed by atoms with Crippen molar-refractivity contribution in [3.05, 3.63) is 52.8 Å². The Morgan fingerprint density at radius 3 is 2.67 bits per heavy atom. The van der Waals surface area contributed by atoms with E-state index in [0.29, 0.717) is 25.7 Å². The number of carbonyl (C=O) groups excluding carboxylic acids is 1. The number of benzene rings is 1. The van der Waals surface area contributed by atoms with Crippen LogP contribution in [0.15, 0.2) is 30.5 Å². The first-order chi connectivity index (χ1) is 13.2. The van der Waals surface area contributed by atoms with Gasteiger partial charge in [0.05, 0.1) is 31.0 Å². The quantitative estimate of drug-likeness (QED) is 0.818. The third kappa shape index (κ3) is 3.65. The smallest absolute Gasteiger partial charge is 0.257 e. The van der Waals surface area contributed by atoms with Crippen LogP contribution >= 0.6 is 0 Å². The zero-order valence-electron chi connectivity index (χ0n) is 16.4. The highest BCUT2D eigenvalue weighted by molar-refractivity contribution is 5.95. The molecule has 2 fully saturated rings. The molecule has 144 valence electrons. The van der Waals surface area contributed by atoms with Crippen LogP contribution in [0.25, 0.3) is 0 Å². The van der Waals surface area contributed by atoms with E-state index in [0.717, 1.165) is 23.2 Å². The molecule has 1 aliphatic carbocycles. The van der Waals surface area contributed by atoms with Gasteiger partial charge in [0.15, 0.2) is 0 Å². The van der Waals surface area contributed by atoms with Crippen LogP contribution in [-0.4, -0.2) is 40.3 Å². The second-order valence-electron chi connectivity index (χ2n) is 7.73. The lowest BCUT2D eigenvalue weighted by molar-refractivity contribution is -0.0228.